The number of esters is 1. The van der Waals surface area contributed by atoms with E-state index >= 15 is 0 Å². The number of hydrogen-bond donors (Lipinski definition) is 1. The molecule has 2 rings (SSSR count). The average Bonchev–Trinajstić information content (AvgIpc) is 2.78. The smallest absolute Gasteiger partial charge is 0.354 e. The molecule has 2 aromatic heterocycles. The zero-order chi connectivity index (χ0) is 11.5. The maximum Gasteiger partial charge on any atom is 0.354 e. The summed E-state index contributed by atoms with van der Waals surface area (Å²) in [6.45, 7) is 1.93. The van der Waals surface area contributed by atoms with Crippen LogP contribution in [0.2, 0.25) is 0 Å². The number of aromatic amines is 1. The molecule has 5 heteroatoms. The van der Waals surface area contributed by atoms with Crippen LogP contribution in [0.1, 0.15) is 16.1 Å². The van der Waals surface area contributed by atoms with Gasteiger partial charge in [0.2, 0.25) is 0 Å². The van der Waals surface area contributed by atoms with Crippen LogP contribution in [0.3, 0.4) is 0 Å². The van der Waals surface area contributed by atoms with Crippen molar-refractivity contribution in [1.29, 1.82) is 0 Å². The van der Waals surface area contributed by atoms with E-state index in [1.54, 1.807) is 18.3 Å². The highest BCUT2D eigenvalue weighted by molar-refractivity contribution is 5.88. The summed E-state index contributed by atoms with van der Waals surface area (Å²) in [7, 11) is 1.34. The summed E-state index contributed by atoms with van der Waals surface area (Å²) in [5.41, 5.74) is 2.89. The highest BCUT2D eigenvalue weighted by Crippen LogP contribution is 2.19. The van der Waals surface area contributed by atoms with E-state index in [-0.39, 0.29) is 0 Å². The minimum absolute atomic E-state index is 0.396. The van der Waals surface area contributed by atoms with Gasteiger partial charge < -0.3 is 9.72 Å². The lowest BCUT2D eigenvalue weighted by Crippen LogP contribution is -2.01. The molecule has 2 aromatic rings. The number of nitrogens with one attached hydrogen (secondary N) is 1. The van der Waals surface area contributed by atoms with Gasteiger partial charge in [0, 0.05) is 6.20 Å². The fraction of sp³-hybridized carbons (Fsp3) is 0.182. The Labute approximate surface area is 92.5 Å². The molecular formula is C11H11N3O2. The molecule has 5 nitrogen and oxygen atoms in total. The third kappa shape index (κ3) is 1.79. The first-order valence-corrected chi connectivity index (χ1v) is 4.78. The van der Waals surface area contributed by atoms with Crippen molar-refractivity contribution in [2.24, 2.45) is 0 Å². The predicted molar refractivity (Wildman–Crippen MR) is 57.9 cm³/mol. The number of hydrogen-bond acceptors (Lipinski definition) is 4. The third-order valence-corrected chi connectivity index (χ3v) is 2.27. The SMILES string of the molecule is COC(=O)c1ccc(-c2nnccc2C)[nH]1. The van der Waals surface area contributed by atoms with Crippen LogP contribution in [-0.4, -0.2) is 28.3 Å². The van der Waals surface area contributed by atoms with E-state index < -0.39 is 5.97 Å². The van der Waals surface area contributed by atoms with E-state index in [2.05, 4.69) is 19.9 Å². The number of aryl methyl sites for hydroxylation is 1. The fourth-order valence-electron chi connectivity index (χ4n) is 1.42. The predicted octanol–water partition coefficient (Wildman–Crippen LogP) is 1.57. The van der Waals surface area contributed by atoms with Crippen molar-refractivity contribution in [3.8, 4) is 11.4 Å². The Morgan fingerprint density at radius 3 is 2.88 bits per heavy atom. The zero-order valence-electron chi connectivity index (χ0n) is 9.02. The van der Waals surface area contributed by atoms with Gasteiger partial charge >= 0.3 is 5.97 Å². The molecule has 0 aromatic carbocycles. The number of carbonyl (C=O) groups excluding carboxylic acids is 1. The molecule has 0 atom stereocenters. The molecule has 0 spiro atoms. The van der Waals surface area contributed by atoms with E-state index in [9.17, 15) is 4.79 Å². The van der Waals surface area contributed by atoms with Crippen LogP contribution >= 0.6 is 0 Å². The van der Waals surface area contributed by atoms with Gasteiger partial charge in [-0.05, 0) is 30.7 Å². The van der Waals surface area contributed by atoms with Crippen molar-refractivity contribution in [2.75, 3.05) is 7.11 Å². The topological polar surface area (TPSA) is 67.9 Å². The second-order valence-corrected chi connectivity index (χ2v) is 3.34. The third-order valence-electron chi connectivity index (χ3n) is 2.27. The van der Waals surface area contributed by atoms with Crippen molar-refractivity contribution < 1.29 is 9.53 Å². The Morgan fingerprint density at radius 1 is 1.38 bits per heavy atom. The highest BCUT2D eigenvalue weighted by atomic mass is 16.5. The van der Waals surface area contributed by atoms with E-state index in [4.69, 9.17) is 0 Å². The Kier molecular flexibility index (Phi) is 2.68. The van der Waals surface area contributed by atoms with Crippen LogP contribution in [0, 0.1) is 6.92 Å². The summed E-state index contributed by atoms with van der Waals surface area (Å²) in [6, 6.07) is 5.31. The molecule has 0 aliphatic heterocycles. The monoisotopic (exact) mass is 217 g/mol. The van der Waals surface area contributed by atoms with Gasteiger partial charge in [-0.3, -0.25) is 0 Å². The maximum absolute atomic E-state index is 11.3. The number of aromatic nitrogens is 3. The molecule has 0 fully saturated rings. The molecule has 0 unspecified atom stereocenters. The van der Waals surface area contributed by atoms with Crippen LogP contribution in [0.25, 0.3) is 11.4 Å². The van der Waals surface area contributed by atoms with Crippen LogP contribution in [0.4, 0.5) is 0 Å². The molecule has 0 bridgehead atoms. The van der Waals surface area contributed by atoms with Crippen LogP contribution in [0.15, 0.2) is 24.4 Å². The summed E-state index contributed by atoms with van der Waals surface area (Å²) < 4.78 is 4.61. The van der Waals surface area contributed by atoms with Crippen molar-refractivity contribution in [3.63, 3.8) is 0 Å². The number of nitrogens with zero attached hydrogens (tertiary/aromatic N) is 2. The Balaban J connectivity index is 2.39. The Morgan fingerprint density at radius 2 is 2.19 bits per heavy atom. The van der Waals surface area contributed by atoms with Crippen LogP contribution in [-0.2, 0) is 4.74 Å². The van der Waals surface area contributed by atoms with E-state index in [1.807, 2.05) is 13.0 Å². The van der Waals surface area contributed by atoms with Gasteiger partial charge in [-0.15, -0.1) is 5.10 Å². The molecule has 0 aliphatic rings. The summed E-state index contributed by atoms with van der Waals surface area (Å²) in [5, 5.41) is 7.82. The molecule has 0 radical (unpaired) electrons. The summed E-state index contributed by atoms with van der Waals surface area (Å²) in [4.78, 5) is 14.2. The zero-order valence-corrected chi connectivity index (χ0v) is 9.02. The average molecular weight is 217 g/mol. The largest absolute Gasteiger partial charge is 0.464 e. The minimum Gasteiger partial charge on any atom is -0.464 e. The standard InChI is InChI=1S/C11H11N3O2/c1-7-5-6-12-14-10(7)8-3-4-9(13-8)11(15)16-2/h3-6,13H,1-2H3. The van der Waals surface area contributed by atoms with Gasteiger partial charge in [0.25, 0.3) is 0 Å². The van der Waals surface area contributed by atoms with Crippen molar-refractivity contribution in [2.45, 2.75) is 6.92 Å². The van der Waals surface area contributed by atoms with E-state index in [0.29, 0.717) is 5.69 Å². The normalized spacial score (nSPS) is 10.1. The minimum atomic E-state index is -0.396. The number of carbonyl (C=O) groups is 1. The van der Waals surface area contributed by atoms with Crippen molar-refractivity contribution >= 4 is 5.97 Å². The lowest BCUT2D eigenvalue weighted by molar-refractivity contribution is 0.0595. The number of ether oxygens (including phenoxy) is 1. The Hall–Kier alpha value is -2.17. The molecule has 0 aliphatic carbocycles. The molecule has 16 heavy (non-hydrogen) atoms. The van der Waals surface area contributed by atoms with Gasteiger partial charge in [0.15, 0.2) is 0 Å². The first-order valence-electron chi connectivity index (χ1n) is 4.78. The number of H-pyrrole nitrogens is 1. The maximum atomic E-state index is 11.3. The quantitative estimate of drug-likeness (QED) is 0.775. The molecule has 1 N–H and O–H groups in total. The summed E-state index contributed by atoms with van der Waals surface area (Å²) in [6.07, 6.45) is 1.63. The Bertz CT molecular complexity index is 519. The summed E-state index contributed by atoms with van der Waals surface area (Å²) in [5.74, 6) is -0.396. The summed E-state index contributed by atoms with van der Waals surface area (Å²) >= 11 is 0. The lowest BCUT2D eigenvalue weighted by Gasteiger charge is -2.00. The van der Waals surface area contributed by atoms with Crippen LogP contribution in [0.5, 0.6) is 0 Å². The van der Waals surface area contributed by atoms with E-state index in [0.717, 1.165) is 17.0 Å². The molecule has 0 saturated heterocycles. The lowest BCUT2D eigenvalue weighted by atomic mass is 10.2. The molecule has 82 valence electrons. The first kappa shape index (κ1) is 10.4. The number of methoxy groups -OCH3 is 1. The molecule has 2 heterocycles. The number of rotatable bonds is 2. The van der Waals surface area contributed by atoms with Crippen molar-refractivity contribution in [1.82, 2.24) is 15.2 Å². The van der Waals surface area contributed by atoms with Crippen LogP contribution < -0.4 is 0 Å². The van der Waals surface area contributed by atoms with Gasteiger partial charge in [-0.1, -0.05) is 0 Å². The van der Waals surface area contributed by atoms with Gasteiger partial charge in [-0.2, -0.15) is 5.10 Å². The van der Waals surface area contributed by atoms with Gasteiger partial charge in [0.1, 0.15) is 11.4 Å². The van der Waals surface area contributed by atoms with Crippen molar-refractivity contribution in [3.05, 3.63) is 35.7 Å². The molecule has 0 amide bonds. The molecular weight excluding hydrogens is 206 g/mol. The van der Waals surface area contributed by atoms with E-state index in [1.165, 1.54) is 7.11 Å². The second-order valence-electron chi connectivity index (χ2n) is 3.34. The van der Waals surface area contributed by atoms with Gasteiger partial charge in [0.05, 0.1) is 12.8 Å². The van der Waals surface area contributed by atoms with Gasteiger partial charge in [-0.25, -0.2) is 4.79 Å². The fourth-order valence-corrected chi connectivity index (χ4v) is 1.42. The first-order chi connectivity index (χ1) is 7.72. The molecule has 0 saturated carbocycles. The highest BCUT2D eigenvalue weighted by Gasteiger charge is 2.11. The second kappa shape index (κ2) is 4.14.